The van der Waals surface area contributed by atoms with E-state index in [0.717, 1.165) is 18.4 Å². The molecule has 2 aromatic rings. The van der Waals surface area contributed by atoms with Crippen LogP contribution in [0.3, 0.4) is 0 Å². The number of hydrogen-bond donors (Lipinski definition) is 1. The second-order valence-electron chi connectivity index (χ2n) is 6.28. The number of hydrogen-bond acceptors (Lipinski definition) is 5. The van der Waals surface area contributed by atoms with Crippen molar-refractivity contribution in [2.45, 2.75) is 19.8 Å². The van der Waals surface area contributed by atoms with E-state index < -0.39 is 9.84 Å². The van der Waals surface area contributed by atoms with Gasteiger partial charge in [0.15, 0.2) is 15.7 Å². The number of halogens is 1. The highest BCUT2D eigenvalue weighted by atomic mass is 32.2. The Morgan fingerprint density at radius 2 is 2.12 bits per heavy atom. The molecule has 1 atom stereocenters. The lowest BCUT2D eigenvalue weighted by Gasteiger charge is -2.22. The lowest BCUT2D eigenvalue weighted by Crippen LogP contribution is -2.30. The molecular weight excluding hydrogens is 329 g/mol. The first-order valence-corrected chi connectivity index (χ1v) is 9.80. The van der Waals surface area contributed by atoms with E-state index >= 15 is 0 Å². The van der Waals surface area contributed by atoms with Crippen molar-refractivity contribution in [3.63, 3.8) is 0 Å². The Labute approximate surface area is 141 Å². The minimum atomic E-state index is -2.90. The fraction of sp³-hybridized carbons (Fsp3) is 0.412. The molecule has 0 unspecified atom stereocenters. The molecule has 0 amide bonds. The molecule has 128 valence electrons. The van der Waals surface area contributed by atoms with Crippen LogP contribution in [0.2, 0.25) is 0 Å². The van der Waals surface area contributed by atoms with Crippen molar-refractivity contribution in [2.75, 3.05) is 23.4 Å². The summed E-state index contributed by atoms with van der Waals surface area (Å²) in [6.07, 6.45) is 1.62. The predicted octanol–water partition coefficient (Wildman–Crippen LogP) is 2.83. The van der Waals surface area contributed by atoms with Gasteiger partial charge in [-0.2, -0.15) is 0 Å². The first-order valence-electron chi connectivity index (χ1n) is 7.97. The quantitative estimate of drug-likeness (QED) is 0.919. The Bertz CT molecular complexity index is 839. The van der Waals surface area contributed by atoms with Crippen LogP contribution in [0.5, 0.6) is 0 Å². The summed E-state index contributed by atoms with van der Waals surface area (Å²) in [6.45, 7) is 2.46. The number of anilines is 1. The molecule has 1 saturated heterocycles. The third-order valence-corrected chi connectivity index (χ3v) is 6.11. The molecule has 1 aliphatic heterocycles. The molecule has 0 saturated carbocycles. The SMILES string of the molecule is Cc1cc(-c2cccc(F)c2)nnc1NC[C@H]1CCCS(=O)(=O)C1. The van der Waals surface area contributed by atoms with Gasteiger partial charge in [-0.05, 0) is 49.4 Å². The summed E-state index contributed by atoms with van der Waals surface area (Å²) in [7, 11) is -2.90. The van der Waals surface area contributed by atoms with Crippen LogP contribution < -0.4 is 5.32 Å². The Morgan fingerprint density at radius 1 is 1.29 bits per heavy atom. The molecule has 0 bridgehead atoms. The first-order chi connectivity index (χ1) is 11.4. The maximum Gasteiger partial charge on any atom is 0.151 e. The van der Waals surface area contributed by atoms with E-state index in [-0.39, 0.29) is 17.5 Å². The van der Waals surface area contributed by atoms with Crippen LogP contribution in [-0.2, 0) is 9.84 Å². The largest absolute Gasteiger partial charge is 0.368 e. The van der Waals surface area contributed by atoms with Gasteiger partial charge in [-0.3, -0.25) is 0 Å². The Hall–Kier alpha value is -2.02. The van der Waals surface area contributed by atoms with Crippen LogP contribution in [0.25, 0.3) is 11.3 Å². The van der Waals surface area contributed by atoms with Crippen LogP contribution in [0.4, 0.5) is 10.2 Å². The minimum Gasteiger partial charge on any atom is -0.368 e. The van der Waals surface area contributed by atoms with Crippen LogP contribution in [0, 0.1) is 18.7 Å². The molecule has 1 fully saturated rings. The monoisotopic (exact) mass is 349 g/mol. The molecule has 0 spiro atoms. The van der Waals surface area contributed by atoms with Gasteiger partial charge < -0.3 is 5.32 Å². The van der Waals surface area contributed by atoms with E-state index in [4.69, 9.17) is 0 Å². The predicted molar refractivity (Wildman–Crippen MR) is 92.0 cm³/mol. The third kappa shape index (κ3) is 4.08. The maximum atomic E-state index is 13.3. The van der Waals surface area contributed by atoms with E-state index in [2.05, 4.69) is 15.5 Å². The highest BCUT2D eigenvalue weighted by molar-refractivity contribution is 7.91. The second-order valence-corrected chi connectivity index (χ2v) is 8.50. The minimum absolute atomic E-state index is 0.104. The molecule has 0 radical (unpaired) electrons. The van der Waals surface area contributed by atoms with Crippen molar-refractivity contribution in [3.8, 4) is 11.3 Å². The zero-order chi connectivity index (χ0) is 17.2. The molecule has 1 aliphatic rings. The van der Waals surface area contributed by atoms with Gasteiger partial charge >= 0.3 is 0 Å². The average Bonchev–Trinajstić information content (AvgIpc) is 2.53. The van der Waals surface area contributed by atoms with Crippen LogP contribution >= 0.6 is 0 Å². The van der Waals surface area contributed by atoms with Gasteiger partial charge in [0.25, 0.3) is 0 Å². The molecule has 1 aromatic heterocycles. The maximum absolute atomic E-state index is 13.3. The Morgan fingerprint density at radius 3 is 2.83 bits per heavy atom. The van der Waals surface area contributed by atoms with Crippen LogP contribution in [-0.4, -0.2) is 36.7 Å². The van der Waals surface area contributed by atoms with Crippen LogP contribution in [0.1, 0.15) is 18.4 Å². The number of rotatable bonds is 4. The number of nitrogens with one attached hydrogen (secondary N) is 1. The Balaban J connectivity index is 1.69. The number of sulfone groups is 1. The third-order valence-electron chi connectivity index (χ3n) is 4.22. The van der Waals surface area contributed by atoms with E-state index in [1.165, 1.54) is 12.1 Å². The molecule has 7 heteroatoms. The summed E-state index contributed by atoms with van der Waals surface area (Å²) in [5.41, 5.74) is 2.18. The molecule has 1 aromatic carbocycles. The van der Waals surface area contributed by atoms with Crippen molar-refractivity contribution < 1.29 is 12.8 Å². The molecule has 5 nitrogen and oxygen atoms in total. The van der Waals surface area contributed by atoms with Gasteiger partial charge in [0, 0.05) is 12.1 Å². The number of nitrogens with zero attached hydrogens (tertiary/aromatic N) is 2. The van der Waals surface area contributed by atoms with Crippen molar-refractivity contribution in [1.82, 2.24) is 10.2 Å². The van der Waals surface area contributed by atoms with Crippen molar-refractivity contribution >= 4 is 15.7 Å². The van der Waals surface area contributed by atoms with E-state index in [1.807, 2.05) is 13.0 Å². The topological polar surface area (TPSA) is 72.0 Å². The summed E-state index contributed by atoms with van der Waals surface area (Å²) >= 11 is 0. The molecule has 1 N–H and O–H groups in total. The van der Waals surface area contributed by atoms with Crippen LogP contribution in [0.15, 0.2) is 30.3 Å². The fourth-order valence-electron chi connectivity index (χ4n) is 2.97. The molecule has 3 rings (SSSR count). The van der Waals surface area contributed by atoms with Crippen molar-refractivity contribution in [1.29, 1.82) is 0 Å². The van der Waals surface area contributed by atoms with Crippen molar-refractivity contribution in [2.24, 2.45) is 5.92 Å². The zero-order valence-electron chi connectivity index (χ0n) is 13.5. The van der Waals surface area contributed by atoms with Crippen molar-refractivity contribution in [3.05, 3.63) is 41.7 Å². The zero-order valence-corrected chi connectivity index (χ0v) is 14.3. The summed E-state index contributed by atoms with van der Waals surface area (Å²) in [4.78, 5) is 0. The smallest absolute Gasteiger partial charge is 0.151 e. The summed E-state index contributed by atoms with van der Waals surface area (Å²) in [6, 6.07) is 8.08. The Kier molecular flexibility index (Phi) is 4.80. The van der Waals surface area contributed by atoms with Gasteiger partial charge in [-0.1, -0.05) is 12.1 Å². The van der Waals surface area contributed by atoms with E-state index in [0.29, 0.717) is 29.4 Å². The molecular formula is C17H20FN3O2S. The number of aromatic nitrogens is 2. The van der Waals surface area contributed by atoms with Gasteiger partial charge in [-0.15, -0.1) is 10.2 Å². The first kappa shape index (κ1) is 16.8. The highest BCUT2D eigenvalue weighted by Crippen LogP contribution is 2.22. The lowest BCUT2D eigenvalue weighted by atomic mass is 10.1. The molecule has 0 aliphatic carbocycles. The second kappa shape index (κ2) is 6.84. The van der Waals surface area contributed by atoms with E-state index in [9.17, 15) is 12.8 Å². The molecule has 2 heterocycles. The van der Waals surface area contributed by atoms with Gasteiger partial charge in [0.2, 0.25) is 0 Å². The fourth-order valence-corrected chi connectivity index (χ4v) is 4.74. The highest BCUT2D eigenvalue weighted by Gasteiger charge is 2.24. The average molecular weight is 349 g/mol. The normalized spacial score (nSPS) is 19.8. The standard InChI is InChI=1S/C17H20FN3O2S/c1-12-8-16(14-5-2-6-15(18)9-14)20-21-17(12)19-10-13-4-3-7-24(22,23)11-13/h2,5-6,8-9,13H,3-4,7,10-11H2,1H3,(H,19,21)/t13-/m1/s1. The van der Waals surface area contributed by atoms with Gasteiger partial charge in [0.05, 0.1) is 17.2 Å². The van der Waals surface area contributed by atoms with E-state index in [1.54, 1.807) is 12.1 Å². The summed E-state index contributed by atoms with van der Waals surface area (Å²) in [5.74, 6) is 0.956. The molecule has 24 heavy (non-hydrogen) atoms. The number of benzene rings is 1. The summed E-state index contributed by atoms with van der Waals surface area (Å²) < 4.78 is 36.7. The summed E-state index contributed by atoms with van der Waals surface area (Å²) in [5, 5.41) is 11.5. The van der Waals surface area contributed by atoms with Gasteiger partial charge in [-0.25, -0.2) is 12.8 Å². The lowest BCUT2D eigenvalue weighted by molar-refractivity contribution is 0.501. The van der Waals surface area contributed by atoms with Gasteiger partial charge in [0.1, 0.15) is 5.82 Å². The number of aryl methyl sites for hydroxylation is 1.